The number of hydrogen-bond acceptors (Lipinski definition) is 5. The number of pyridine rings is 1. The number of methoxy groups -OCH3 is 1. The van der Waals surface area contributed by atoms with Crippen LogP contribution in [0.1, 0.15) is 28.8 Å². The largest absolute Gasteiger partial charge is 0.368 e. The summed E-state index contributed by atoms with van der Waals surface area (Å²) in [5.74, 6) is -0.294. The third-order valence-electron chi connectivity index (χ3n) is 4.80. The Kier molecular flexibility index (Phi) is 10.0. The molecule has 158 valence electrons. The van der Waals surface area contributed by atoms with E-state index >= 15 is 0 Å². The molecule has 0 atom stereocenters. The van der Waals surface area contributed by atoms with Crippen LogP contribution in [0.4, 0.5) is 5.69 Å². The summed E-state index contributed by atoms with van der Waals surface area (Å²) in [5, 5.41) is 9.02. The van der Waals surface area contributed by atoms with Crippen LogP contribution >= 0.6 is 24.8 Å². The molecule has 1 fully saturated rings. The third kappa shape index (κ3) is 6.40. The van der Waals surface area contributed by atoms with E-state index in [1.54, 1.807) is 25.4 Å². The summed E-state index contributed by atoms with van der Waals surface area (Å²) in [6.07, 6.45) is 4.46. The lowest BCUT2D eigenvalue weighted by Gasteiger charge is -2.34. The second kappa shape index (κ2) is 11.7. The van der Waals surface area contributed by atoms with Crippen molar-refractivity contribution in [1.82, 2.24) is 15.6 Å². The highest BCUT2D eigenvalue weighted by Gasteiger charge is 2.39. The van der Waals surface area contributed by atoms with Crippen molar-refractivity contribution >= 4 is 42.3 Å². The van der Waals surface area contributed by atoms with Gasteiger partial charge in [-0.2, -0.15) is 0 Å². The molecule has 0 aliphatic carbocycles. The Morgan fingerprint density at radius 2 is 1.83 bits per heavy atom. The molecule has 1 aliphatic heterocycles. The van der Waals surface area contributed by atoms with Crippen molar-refractivity contribution in [3.8, 4) is 0 Å². The molecule has 7 nitrogen and oxygen atoms in total. The van der Waals surface area contributed by atoms with Crippen LogP contribution < -0.4 is 16.0 Å². The van der Waals surface area contributed by atoms with Gasteiger partial charge in [0.25, 0.3) is 11.8 Å². The summed E-state index contributed by atoms with van der Waals surface area (Å²) in [6, 6.07) is 10.8. The Labute approximate surface area is 182 Å². The number of nitrogens with zero attached hydrogens (tertiary/aromatic N) is 1. The average molecular weight is 441 g/mol. The fraction of sp³-hybridized carbons (Fsp3) is 0.350. The normalized spacial score (nSPS) is 14.7. The van der Waals surface area contributed by atoms with Crippen molar-refractivity contribution < 1.29 is 14.3 Å². The van der Waals surface area contributed by atoms with E-state index in [1.807, 2.05) is 24.3 Å². The molecule has 0 bridgehead atoms. The van der Waals surface area contributed by atoms with Crippen LogP contribution in [0.25, 0.3) is 0 Å². The minimum Gasteiger partial charge on any atom is -0.368 e. The molecule has 2 heterocycles. The Hall–Kier alpha value is -2.19. The number of piperidine rings is 1. The zero-order chi connectivity index (χ0) is 19.1. The molecule has 0 saturated carbocycles. The van der Waals surface area contributed by atoms with Crippen LogP contribution in [0.2, 0.25) is 0 Å². The second-order valence-electron chi connectivity index (χ2n) is 6.52. The summed E-state index contributed by atoms with van der Waals surface area (Å²) < 4.78 is 5.53. The molecule has 1 saturated heterocycles. The van der Waals surface area contributed by atoms with Crippen LogP contribution in [0, 0.1) is 0 Å². The summed E-state index contributed by atoms with van der Waals surface area (Å²) in [7, 11) is 1.59. The van der Waals surface area contributed by atoms with E-state index in [2.05, 4.69) is 20.9 Å². The Morgan fingerprint density at radius 1 is 1.14 bits per heavy atom. The van der Waals surface area contributed by atoms with Crippen molar-refractivity contribution in [2.45, 2.75) is 25.0 Å². The number of carbonyl (C=O) groups is 2. The topological polar surface area (TPSA) is 92.4 Å². The van der Waals surface area contributed by atoms with Crippen molar-refractivity contribution in [3.05, 3.63) is 59.9 Å². The van der Waals surface area contributed by atoms with Gasteiger partial charge in [0.15, 0.2) is 0 Å². The standard InChI is InChI=1S/C20H24N4O3.2ClH/c1-27-20(8-11-21-12-9-20)19(26)23-13-15-4-6-17(7-5-15)24-18(25)16-3-2-10-22-14-16;;/h2-7,10,14,21H,8-9,11-13H2,1H3,(H,23,26)(H,24,25);2*1H. The minimum absolute atomic E-state index is 0. The van der Waals surface area contributed by atoms with Gasteiger partial charge in [0.2, 0.25) is 0 Å². The maximum atomic E-state index is 12.6. The van der Waals surface area contributed by atoms with E-state index in [4.69, 9.17) is 4.74 Å². The number of halogens is 2. The van der Waals surface area contributed by atoms with E-state index in [9.17, 15) is 9.59 Å². The van der Waals surface area contributed by atoms with Crippen LogP contribution in [0.3, 0.4) is 0 Å². The van der Waals surface area contributed by atoms with Crippen LogP contribution in [0.5, 0.6) is 0 Å². The van der Waals surface area contributed by atoms with Gasteiger partial charge in [0.05, 0.1) is 5.56 Å². The number of ether oxygens (including phenoxy) is 1. The van der Waals surface area contributed by atoms with Gasteiger partial charge in [0.1, 0.15) is 5.60 Å². The summed E-state index contributed by atoms with van der Waals surface area (Å²) in [4.78, 5) is 28.6. The van der Waals surface area contributed by atoms with Gasteiger partial charge >= 0.3 is 0 Å². The lowest BCUT2D eigenvalue weighted by atomic mass is 9.91. The highest BCUT2D eigenvalue weighted by molar-refractivity contribution is 6.04. The first kappa shape index (κ1) is 24.8. The fourth-order valence-electron chi connectivity index (χ4n) is 3.10. The monoisotopic (exact) mass is 440 g/mol. The maximum absolute atomic E-state index is 12.6. The van der Waals surface area contributed by atoms with Gasteiger partial charge in [-0.3, -0.25) is 14.6 Å². The molecule has 0 spiro atoms. The molecular weight excluding hydrogens is 415 g/mol. The summed E-state index contributed by atoms with van der Waals surface area (Å²) in [5.41, 5.74) is 1.39. The van der Waals surface area contributed by atoms with Crippen LogP contribution in [-0.2, 0) is 16.1 Å². The van der Waals surface area contributed by atoms with Crippen LogP contribution in [-0.4, -0.2) is 42.6 Å². The molecule has 3 N–H and O–H groups in total. The Balaban J connectivity index is 0.00000210. The first-order chi connectivity index (χ1) is 13.1. The first-order valence-corrected chi connectivity index (χ1v) is 8.97. The van der Waals surface area contributed by atoms with Gasteiger partial charge in [-0.25, -0.2) is 0 Å². The molecule has 2 aromatic rings. The van der Waals surface area contributed by atoms with Gasteiger partial charge < -0.3 is 20.7 Å². The van der Waals surface area contributed by atoms with E-state index in [-0.39, 0.29) is 36.6 Å². The van der Waals surface area contributed by atoms with Gasteiger partial charge in [0, 0.05) is 31.7 Å². The molecule has 2 amide bonds. The van der Waals surface area contributed by atoms with Crippen molar-refractivity contribution in [2.75, 3.05) is 25.5 Å². The Bertz CT molecular complexity index is 782. The fourth-order valence-corrected chi connectivity index (χ4v) is 3.10. The molecule has 1 aromatic carbocycles. The van der Waals surface area contributed by atoms with Crippen molar-refractivity contribution in [1.29, 1.82) is 0 Å². The van der Waals surface area contributed by atoms with Crippen LogP contribution in [0.15, 0.2) is 48.8 Å². The van der Waals surface area contributed by atoms with Crippen molar-refractivity contribution in [2.24, 2.45) is 0 Å². The number of amides is 2. The number of carbonyl (C=O) groups excluding carboxylic acids is 2. The molecule has 29 heavy (non-hydrogen) atoms. The molecule has 1 aliphatic rings. The van der Waals surface area contributed by atoms with E-state index in [0.29, 0.717) is 30.6 Å². The molecule has 3 rings (SSSR count). The van der Waals surface area contributed by atoms with Gasteiger partial charge in [-0.05, 0) is 55.8 Å². The highest BCUT2D eigenvalue weighted by atomic mass is 35.5. The quantitative estimate of drug-likeness (QED) is 0.641. The second-order valence-corrected chi connectivity index (χ2v) is 6.52. The number of hydrogen-bond donors (Lipinski definition) is 3. The number of aromatic nitrogens is 1. The smallest absolute Gasteiger partial charge is 0.257 e. The maximum Gasteiger partial charge on any atom is 0.257 e. The number of nitrogens with one attached hydrogen (secondary N) is 3. The zero-order valence-corrected chi connectivity index (χ0v) is 17.8. The highest BCUT2D eigenvalue weighted by Crippen LogP contribution is 2.22. The summed E-state index contributed by atoms with van der Waals surface area (Å²) >= 11 is 0. The summed E-state index contributed by atoms with van der Waals surface area (Å²) in [6.45, 7) is 1.95. The van der Waals surface area contributed by atoms with Crippen molar-refractivity contribution in [3.63, 3.8) is 0 Å². The predicted molar refractivity (Wildman–Crippen MR) is 117 cm³/mol. The van der Waals surface area contributed by atoms with Gasteiger partial charge in [-0.15, -0.1) is 24.8 Å². The minimum atomic E-state index is -0.747. The predicted octanol–water partition coefficient (Wildman–Crippen LogP) is 2.56. The van der Waals surface area contributed by atoms with Gasteiger partial charge in [-0.1, -0.05) is 12.1 Å². The zero-order valence-electron chi connectivity index (χ0n) is 16.1. The lowest BCUT2D eigenvalue weighted by molar-refractivity contribution is -0.146. The average Bonchev–Trinajstić information content (AvgIpc) is 2.74. The molecule has 1 aromatic heterocycles. The SMILES string of the molecule is COC1(C(=O)NCc2ccc(NC(=O)c3cccnc3)cc2)CCNCC1.Cl.Cl. The number of benzene rings is 1. The molecule has 9 heteroatoms. The van der Waals surface area contributed by atoms with E-state index in [0.717, 1.165) is 18.7 Å². The Morgan fingerprint density at radius 3 is 2.41 bits per heavy atom. The van der Waals surface area contributed by atoms with E-state index < -0.39 is 5.60 Å². The lowest BCUT2D eigenvalue weighted by Crippen LogP contribution is -2.53. The number of rotatable bonds is 6. The third-order valence-corrected chi connectivity index (χ3v) is 4.80. The molecular formula is C20H26Cl2N4O3. The molecule has 0 unspecified atom stereocenters. The molecule has 0 radical (unpaired) electrons. The first-order valence-electron chi connectivity index (χ1n) is 8.97. The van der Waals surface area contributed by atoms with E-state index in [1.165, 1.54) is 6.20 Å². The number of anilines is 1.